The highest BCUT2D eigenvalue weighted by atomic mass is 16.6. The van der Waals surface area contributed by atoms with Crippen LogP contribution in [0.25, 0.3) is 0 Å². The van der Waals surface area contributed by atoms with Crippen molar-refractivity contribution >= 4 is 11.4 Å². The van der Waals surface area contributed by atoms with Crippen LogP contribution in [0.1, 0.15) is 32.3 Å². The number of hydrogen-bond donors (Lipinski definition) is 2. The van der Waals surface area contributed by atoms with Crippen LogP contribution < -0.4 is 4.90 Å². The molecule has 0 bridgehead atoms. The molecule has 0 aromatic heterocycles. The lowest BCUT2D eigenvalue weighted by atomic mass is 10.0. The molecule has 7 heteroatoms. The molecule has 7 nitrogen and oxygen atoms in total. The van der Waals surface area contributed by atoms with Gasteiger partial charge in [-0.05, 0) is 32.4 Å². The van der Waals surface area contributed by atoms with E-state index < -0.39 is 16.9 Å². The van der Waals surface area contributed by atoms with Crippen molar-refractivity contribution in [3.63, 3.8) is 0 Å². The average molecular weight is 296 g/mol. The first-order valence-electron chi connectivity index (χ1n) is 6.74. The van der Waals surface area contributed by atoms with Gasteiger partial charge in [-0.15, -0.1) is 0 Å². The van der Waals surface area contributed by atoms with E-state index in [1.807, 2.05) is 20.8 Å². The number of anilines is 1. The normalized spacial score (nSPS) is 19.5. The third-order valence-corrected chi connectivity index (χ3v) is 3.34. The summed E-state index contributed by atoms with van der Waals surface area (Å²) in [5.41, 5.74) is 0.692. The predicted octanol–water partition coefficient (Wildman–Crippen LogP) is 1.58. The predicted molar refractivity (Wildman–Crippen MR) is 77.1 cm³/mol. The number of fused-ring (bicyclic) bond motifs is 1. The van der Waals surface area contributed by atoms with Gasteiger partial charge in [0.05, 0.1) is 22.8 Å². The second-order valence-corrected chi connectivity index (χ2v) is 6.09. The van der Waals surface area contributed by atoms with Gasteiger partial charge in [-0.3, -0.25) is 10.1 Å². The minimum atomic E-state index is -1.22. The second kappa shape index (κ2) is 5.59. The van der Waals surface area contributed by atoms with Crippen molar-refractivity contribution in [2.45, 2.75) is 38.7 Å². The number of rotatable bonds is 4. The summed E-state index contributed by atoms with van der Waals surface area (Å²) in [6, 6.07) is 4.43. The van der Waals surface area contributed by atoms with Gasteiger partial charge in [0.15, 0.2) is 0 Å². The summed E-state index contributed by atoms with van der Waals surface area (Å²) in [4.78, 5) is 12.0. The van der Waals surface area contributed by atoms with Crippen molar-refractivity contribution in [3.05, 3.63) is 33.9 Å². The van der Waals surface area contributed by atoms with E-state index in [4.69, 9.17) is 4.74 Å². The van der Waals surface area contributed by atoms with E-state index in [0.717, 1.165) is 5.56 Å². The summed E-state index contributed by atoms with van der Waals surface area (Å²) in [6.45, 7) is 5.69. The van der Waals surface area contributed by atoms with Crippen LogP contribution in [0, 0.1) is 10.1 Å². The van der Waals surface area contributed by atoms with Crippen LogP contribution in [0.4, 0.5) is 11.4 Å². The van der Waals surface area contributed by atoms with Crippen molar-refractivity contribution in [1.29, 1.82) is 0 Å². The quantitative estimate of drug-likeness (QED) is 0.497. The maximum absolute atomic E-state index is 10.9. The van der Waals surface area contributed by atoms with Gasteiger partial charge in [-0.2, -0.15) is 0 Å². The van der Waals surface area contributed by atoms with Gasteiger partial charge in [-0.25, -0.2) is 0 Å². The second-order valence-electron chi connectivity index (χ2n) is 6.09. The molecule has 0 saturated carbocycles. The molecule has 1 heterocycles. The molecular weight excluding hydrogens is 276 g/mol. The lowest BCUT2D eigenvalue weighted by Gasteiger charge is -2.31. The number of benzene rings is 1. The molecule has 1 aromatic rings. The Morgan fingerprint density at radius 1 is 1.52 bits per heavy atom. The molecule has 0 spiro atoms. The SMILES string of the molecule is CC(C)(C)OC(O)N1CC(CO)c2ccc([N+](=O)[O-])cc21. The van der Waals surface area contributed by atoms with Gasteiger partial charge < -0.3 is 19.8 Å². The number of hydrogen-bond acceptors (Lipinski definition) is 6. The van der Waals surface area contributed by atoms with Crippen LogP contribution >= 0.6 is 0 Å². The molecule has 0 amide bonds. The summed E-state index contributed by atoms with van der Waals surface area (Å²) < 4.78 is 5.50. The Morgan fingerprint density at radius 2 is 2.19 bits per heavy atom. The number of non-ortho nitro benzene ring substituents is 1. The van der Waals surface area contributed by atoms with Gasteiger partial charge in [0, 0.05) is 24.6 Å². The number of ether oxygens (including phenoxy) is 1. The molecule has 21 heavy (non-hydrogen) atoms. The summed E-state index contributed by atoms with van der Waals surface area (Å²) in [7, 11) is 0. The fourth-order valence-corrected chi connectivity index (χ4v) is 2.42. The smallest absolute Gasteiger partial charge is 0.271 e. The van der Waals surface area contributed by atoms with E-state index in [9.17, 15) is 20.3 Å². The number of aliphatic hydroxyl groups excluding tert-OH is 2. The van der Waals surface area contributed by atoms with Crippen molar-refractivity contribution in [2.75, 3.05) is 18.1 Å². The lowest BCUT2D eigenvalue weighted by molar-refractivity contribution is -0.384. The van der Waals surface area contributed by atoms with Gasteiger partial charge in [-0.1, -0.05) is 0 Å². The number of nitro groups is 1. The first-order valence-corrected chi connectivity index (χ1v) is 6.74. The van der Waals surface area contributed by atoms with E-state index in [1.54, 1.807) is 6.07 Å². The highest BCUT2D eigenvalue weighted by Crippen LogP contribution is 2.39. The largest absolute Gasteiger partial charge is 0.396 e. The fraction of sp³-hybridized carbons (Fsp3) is 0.571. The molecule has 0 aliphatic carbocycles. The molecule has 116 valence electrons. The van der Waals surface area contributed by atoms with Gasteiger partial charge in [0.25, 0.3) is 5.69 Å². The zero-order valence-electron chi connectivity index (χ0n) is 12.3. The van der Waals surface area contributed by atoms with Crippen molar-refractivity contribution in [2.24, 2.45) is 0 Å². The van der Waals surface area contributed by atoms with E-state index in [1.165, 1.54) is 17.0 Å². The van der Waals surface area contributed by atoms with E-state index >= 15 is 0 Å². The minimum absolute atomic E-state index is 0.0553. The van der Waals surface area contributed by atoms with Gasteiger partial charge >= 0.3 is 0 Å². The molecule has 2 N–H and O–H groups in total. The van der Waals surface area contributed by atoms with Gasteiger partial charge in [0.2, 0.25) is 6.41 Å². The molecule has 2 atom stereocenters. The van der Waals surface area contributed by atoms with Crippen LogP contribution in [0.15, 0.2) is 18.2 Å². The maximum Gasteiger partial charge on any atom is 0.271 e. The van der Waals surface area contributed by atoms with Gasteiger partial charge in [0.1, 0.15) is 0 Å². The fourth-order valence-electron chi connectivity index (χ4n) is 2.42. The van der Waals surface area contributed by atoms with Crippen LogP contribution in [-0.4, -0.2) is 40.3 Å². The van der Waals surface area contributed by atoms with Crippen LogP contribution in [-0.2, 0) is 4.74 Å². The Morgan fingerprint density at radius 3 is 2.71 bits per heavy atom. The standard InChI is InChI=1S/C14H20N2O5/c1-14(2,3)21-13(18)15-7-9(8-17)11-5-4-10(16(19)20)6-12(11)15/h4-6,9,13,17-18H,7-8H2,1-3H3. The summed E-state index contributed by atoms with van der Waals surface area (Å²) in [6.07, 6.45) is -1.22. The number of nitro benzene ring substituents is 1. The molecule has 2 rings (SSSR count). The van der Waals surface area contributed by atoms with Crippen molar-refractivity contribution in [1.82, 2.24) is 0 Å². The first-order chi connectivity index (χ1) is 9.73. The molecule has 1 aliphatic heterocycles. The summed E-state index contributed by atoms with van der Waals surface area (Å²) in [5.74, 6) is -0.195. The third-order valence-electron chi connectivity index (χ3n) is 3.34. The Kier molecular flexibility index (Phi) is 4.18. The molecule has 1 aromatic carbocycles. The average Bonchev–Trinajstić information content (AvgIpc) is 2.74. The molecule has 1 aliphatic rings. The van der Waals surface area contributed by atoms with E-state index in [0.29, 0.717) is 12.2 Å². The van der Waals surface area contributed by atoms with Crippen LogP contribution in [0.5, 0.6) is 0 Å². The van der Waals surface area contributed by atoms with Crippen molar-refractivity contribution in [3.8, 4) is 0 Å². The monoisotopic (exact) mass is 296 g/mol. The van der Waals surface area contributed by atoms with Crippen LogP contribution in [0.3, 0.4) is 0 Å². The Balaban J connectivity index is 2.35. The van der Waals surface area contributed by atoms with E-state index in [2.05, 4.69) is 0 Å². The lowest BCUT2D eigenvalue weighted by Crippen LogP contribution is -2.41. The number of aliphatic hydroxyl groups is 2. The Bertz CT molecular complexity index is 541. The zero-order chi connectivity index (χ0) is 15.8. The van der Waals surface area contributed by atoms with E-state index in [-0.39, 0.29) is 18.2 Å². The van der Waals surface area contributed by atoms with Crippen molar-refractivity contribution < 1.29 is 19.9 Å². The number of nitrogens with zero attached hydrogens (tertiary/aromatic N) is 2. The maximum atomic E-state index is 10.9. The Labute approximate surface area is 122 Å². The summed E-state index contributed by atoms with van der Waals surface area (Å²) in [5, 5.41) is 30.6. The molecule has 2 unspecified atom stereocenters. The molecular formula is C14H20N2O5. The summed E-state index contributed by atoms with van der Waals surface area (Å²) >= 11 is 0. The molecule has 0 radical (unpaired) electrons. The third kappa shape index (κ3) is 3.31. The topological polar surface area (TPSA) is 96.1 Å². The highest BCUT2D eigenvalue weighted by Gasteiger charge is 2.35. The zero-order valence-corrected chi connectivity index (χ0v) is 12.3. The minimum Gasteiger partial charge on any atom is -0.396 e. The molecule has 0 fully saturated rings. The molecule has 0 saturated heterocycles. The van der Waals surface area contributed by atoms with Crippen LogP contribution in [0.2, 0.25) is 0 Å². The Hall–Kier alpha value is -1.70. The first kappa shape index (κ1) is 15.7. The highest BCUT2D eigenvalue weighted by molar-refractivity contribution is 5.64.